The summed E-state index contributed by atoms with van der Waals surface area (Å²) in [5, 5.41) is 15.0. The van der Waals surface area contributed by atoms with Crippen LogP contribution in [0.4, 0.5) is 10.5 Å². The van der Waals surface area contributed by atoms with Gasteiger partial charge in [0.1, 0.15) is 0 Å². The van der Waals surface area contributed by atoms with Crippen molar-refractivity contribution in [2.24, 2.45) is 0 Å². The molecule has 112 valence electrons. The van der Waals surface area contributed by atoms with E-state index in [1.165, 1.54) is 0 Å². The van der Waals surface area contributed by atoms with Crippen molar-refractivity contribution in [2.75, 3.05) is 5.32 Å². The fourth-order valence-electron chi connectivity index (χ4n) is 1.97. The lowest BCUT2D eigenvalue weighted by Crippen LogP contribution is -2.27. The van der Waals surface area contributed by atoms with E-state index in [0.717, 1.165) is 21.8 Å². The monoisotopic (exact) mass is 313 g/mol. The van der Waals surface area contributed by atoms with E-state index in [4.69, 9.17) is 0 Å². The third-order valence-corrected chi connectivity index (χ3v) is 3.85. The zero-order valence-corrected chi connectivity index (χ0v) is 12.8. The number of hydrogen-bond acceptors (Lipinski definition) is 4. The van der Waals surface area contributed by atoms with Crippen molar-refractivity contribution in [3.8, 4) is 11.3 Å². The summed E-state index contributed by atoms with van der Waals surface area (Å²) in [5.41, 5.74) is 3.72. The smallest absolute Gasteiger partial charge is 0.319 e. The molecule has 2 amide bonds. The zero-order valence-electron chi connectivity index (χ0n) is 12.0. The highest BCUT2D eigenvalue weighted by Crippen LogP contribution is 2.21. The molecule has 1 aromatic carbocycles. The van der Waals surface area contributed by atoms with Crippen LogP contribution in [0.1, 0.15) is 10.6 Å². The summed E-state index contributed by atoms with van der Waals surface area (Å²) in [5.74, 6) is 0. The number of urea groups is 1. The second kappa shape index (κ2) is 6.40. The van der Waals surface area contributed by atoms with E-state index >= 15 is 0 Å². The van der Waals surface area contributed by atoms with Gasteiger partial charge in [0.2, 0.25) is 0 Å². The molecule has 0 aliphatic rings. The van der Waals surface area contributed by atoms with E-state index in [0.29, 0.717) is 12.2 Å². The first-order chi connectivity index (χ1) is 10.7. The molecule has 2 aromatic heterocycles. The number of aromatic nitrogens is 3. The van der Waals surface area contributed by atoms with Crippen molar-refractivity contribution in [3.05, 3.63) is 52.6 Å². The zero-order chi connectivity index (χ0) is 15.4. The molecule has 3 rings (SSSR count). The number of benzene rings is 1. The van der Waals surface area contributed by atoms with Gasteiger partial charge < -0.3 is 10.6 Å². The minimum atomic E-state index is -0.263. The number of aryl methyl sites for hydroxylation is 1. The van der Waals surface area contributed by atoms with Crippen LogP contribution >= 0.6 is 11.3 Å². The molecule has 0 radical (unpaired) electrons. The van der Waals surface area contributed by atoms with E-state index in [-0.39, 0.29) is 6.03 Å². The van der Waals surface area contributed by atoms with Gasteiger partial charge >= 0.3 is 6.03 Å². The highest BCUT2D eigenvalue weighted by atomic mass is 32.1. The summed E-state index contributed by atoms with van der Waals surface area (Å²) in [7, 11) is 0. The van der Waals surface area contributed by atoms with Gasteiger partial charge in [-0.1, -0.05) is 24.3 Å². The number of carbonyl (C=O) groups excluding carboxylic acids is 1. The Morgan fingerprint density at radius 2 is 2.14 bits per heavy atom. The van der Waals surface area contributed by atoms with Crippen molar-refractivity contribution in [1.82, 2.24) is 20.5 Å². The van der Waals surface area contributed by atoms with Crippen LogP contribution in [0, 0.1) is 6.92 Å². The third-order valence-electron chi connectivity index (χ3n) is 3.08. The highest BCUT2D eigenvalue weighted by molar-refractivity contribution is 7.09. The summed E-state index contributed by atoms with van der Waals surface area (Å²) < 4.78 is 0. The maximum Gasteiger partial charge on any atom is 0.319 e. The molecule has 3 aromatic rings. The Hall–Kier alpha value is -2.67. The topological polar surface area (TPSA) is 82.7 Å². The molecule has 0 fully saturated rings. The second-order valence-corrected chi connectivity index (χ2v) is 5.81. The van der Waals surface area contributed by atoms with Crippen LogP contribution in [0.25, 0.3) is 11.3 Å². The summed E-state index contributed by atoms with van der Waals surface area (Å²) in [4.78, 5) is 16.2. The maximum atomic E-state index is 11.7. The molecule has 0 bridgehead atoms. The average Bonchev–Trinajstić information content (AvgIpc) is 3.17. The first-order valence-corrected chi connectivity index (χ1v) is 7.64. The number of nitrogens with one attached hydrogen (secondary N) is 3. The van der Waals surface area contributed by atoms with Gasteiger partial charge in [-0.25, -0.2) is 9.78 Å². The molecular formula is C15H15N5OS. The minimum absolute atomic E-state index is 0.263. The summed E-state index contributed by atoms with van der Waals surface area (Å²) in [6.07, 6.45) is 3.16. The molecule has 0 spiro atoms. The Kier molecular flexibility index (Phi) is 4.15. The largest absolute Gasteiger partial charge is 0.334 e. The third kappa shape index (κ3) is 3.50. The van der Waals surface area contributed by atoms with Crippen molar-refractivity contribution in [1.29, 1.82) is 0 Å². The molecule has 3 N–H and O–H groups in total. The van der Waals surface area contributed by atoms with Gasteiger partial charge in [-0.2, -0.15) is 5.10 Å². The maximum absolute atomic E-state index is 11.7. The Bertz CT molecular complexity index is 749. The van der Waals surface area contributed by atoms with E-state index in [2.05, 4.69) is 25.8 Å². The Morgan fingerprint density at radius 1 is 1.32 bits per heavy atom. The summed E-state index contributed by atoms with van der Waals surface area (Å²) in [6.45, 7) is 2.45. The van der Waals surface area contributed by atoms with E-state index in [9.17, 15) is 4.79 Å². The Morgan fingerprint density at radius 3 is 2.77 bits per heavy atom. The van der Waals surface area contributed by atoms with Crippen LogP contribution in [-0.4, -0.2) is 21.2 Å². The van der Waals surface area contributed by atoms with Gasteiger partial charge in [0, 0.05) is 23.7 Å². The molecule has 6 nitrogen and oxygen atoms in total. The number of carbonyl (C=O) groups is 1. The number of anilines is 1. The van der Waals surface area contributed by atoms with Gasteiger partial charge in [0.15, 0.2) is 0 Å². The SMILES string of the molecule is Cc1nc(-c2ccc(CNC(=O)Nc3cn[nH]c3)cc2)cs1. The van der Waals surface area contributed by atoms with Crippen molar-refractivity contribution >= 4 is 23.1 Å². The molecular weight excluding hydrogens is 298 g/mol. The van der Waals surface area contributed by atoms with Crippen LogP contribution < -0.4 is 10.6 Å². The number of nitrogens with zero attached hydrogens (tertiary/aromatic N) is 2. The molecule has 22 heavy (non-hydrogen) atoms. The number of hydrogen-bond donors (Lipinski definition) is 3. The summed E-state index contributed by atoms with van der Waals surface area (Å²) in [6, 6.07) is 7.74. The molecule has 7 heteroatoms. The van der Waals surface area contributed by atoms with Crippen LogP contribution in [-0.2, 0) is 6.54 Å². The van der Waals surface area contributed by atoms with Crippen molar-refractivity contribution in [3.63, 3.8) is 0 Å². The van der Waals surface area contributed by atoms with Crippen molar-refractivity contribution in [2.45, 2.75) is 13.5 Å². The fourth-order valence-corrected chi connectivity index (χ4v) is 2.59. The number of rotatable bonds is 4. The van der Waals surface area contributed by atoms with E-state index < -0.39 is 0 Å². The Balaban J connectivity index is 1.56. The first-order valence-electron chi connectivity index (χ1n) is 6.76. The lowest BCUT2D eigenvalue weighted by molar-refractivity contribution is 0.251. The Labute approximate surface area is 131 Å². The molecule has 2 heterocycles. The van der Waals surface area contributed by atoms with Gasteiger partial charge in [-0.3, -0.25) is 5.10 Å². The standard InChI is InChI=1S/C15H15N5OS/c1-10-19-14(9-22-10)12-4-2-11(3-5-12)6-16-15(21)20-13-7-17-18-8-13/h2-5,7-9H,6H2,1H3,(H,17,18)(H2,16,20,21). The molecule has 0 unspecified atom stereocenters. The van der Waals surface area contributed by atoms with Crippen LogP contribution in [0.2, 0.25) is 0 Å². The van der Waals surface area contributed by atoms with E-state index in [1.54, 1.807) is 23.7 Å². The van der Waals surface area contributed by atoms with Gasteiger partial charge in [-0.05, 0) is 12.5 Å². The fraction of sp³-hybridized carbons (Fsp3) is 0.133. The van der Waals surface area contributed by atoms with Crippen molar-refractivity contribution < 1.29 is 4.79 Å². The first kappa shape index (κ1) is 14.3. The van der Waals surface area contributed by atoms with Crippen LogP contribution in [0.3, 0.4) is 0 Å². The predicted molar refractivity (Wildman–Crippen MR) is 86.7 cm³/mol. The normalized spacial score (nSPS) is 10.4. The minimum Gasteiger partial charge on any atom is -0.334 e. The number of aromatic amines is 1. The number of thiazole rings is 1. The molecule has 0 atom stereocenters. The predicted octanol–water partition coefficient (Wildman–Crippen LogP) is 3.16. The van der Waals surface area contributed by atoms with Crippen LogP contribution in [0.15, 0.2) is 42.0 Å². The number of H-pyrrole nitrogens is 1. The summed E-state index contributed by atoms with van der Waals surface area (Å²) >= 11 is 1.64. The average molecular weight is 313 g/mol. The molecule has 0 saturated carbocycles. The second-order valence-electron chi connectivity index (χ2n) is 4.74. The van der Waals surface area contributed by atoms with Gasteiger partial charge in [-0.15, -0.1) is 11.3 Å². The van der Waals surface area contributed by atoms with Crippen LogP contribution in [0.5, 0.6) is 0 Å². The van der Waals surface area contributed by atoms with Gasteiger partial charge in [0.25, 0.3) is 0 Å². The lowest BCUT2D eigenvalue weighted by Gasteiger charge is -2.06. The molecule has 0 aliphatic heterocycles. The quantitative estimate of drug-likeness (QED) is 0.692. The molecule has 0 saturated heterocycles. The number of amides is 2. The van der Waals surface area contributed by atoms with E-state index in [1.807, 2.05) is 36.6 Å². The lowest BCUT2D eigenvalue weighted by atomic mass is 10.1. The molecule has 0 aliphatic carbocycles. The van der Waals surface area contributed by atoms with Gasteiger partial charge in [0.05, 0.1) is 22.6 Å². The highest BCUT2D eigenvalue weighted by Gasteiger charge is 2.04.